The highest BCUT2D eigenvalue weighted by molar-refractivity contribution is 6.03. The smallest absolute Gasteiger partial charge is 0.357 e. The lowest BCUT2D eigenvalue weighted by atomic mass is 10.0. The second-order valence-electron chi connectivity index (χ2n) is 5.05. The van der Waals surface area contributed by atoms with Crippen molar-refractivity contribution in [1.29, 1.82) is 0 Å². The van der Waals surface area contributed by atoms with Crippen LogP contribution in [0.4, 0.5) is 0 Å². The Labute approximate surface area is 114 Å². The molecule has 0 bridgehead atoms. The predicted octanol–water partition coefficient (Wildman–Crippen LogP) is 2.68. The number of aromatic nitrogens is 3. The lowest BCUT2D eigenvalue weighted by Gasteiger charge is -2.01. The standard InChI is InChI=1S/C15H13N3O2/c19-15(20)14-13(12-6-3-7-18(12)17-14)10-8-16-11-5-2-1-4-9(10)11/h1-2,4-5,8,16H,3,6-7H2,(H,19,20). The van der Waals surface area contributed by atoms with Crippen LogP contribution in [0.3, 0.4) is 0 Å². The third-order valence-electron chi connectivity index (χ3n) is 3.90. The lowest BCUT2D eigenvalue weighted by Crippen LogP contribution is -2.02. The van der Waals surface area contributed by atoms with Gasteiger partial charge in [0, 0.05) is 40.5 Å². The summed E-state index contributed by atoms with van der Waals surface area (Å²) in [6.07, 6.45) is 3.79. The molecule has 1 aliphatic heterocycles. The number of nitrogens with one attached hydrogen (secondary N) is 1. The molecule has 4 rings (SSSR count). The largest absolute Gasteiger partial charge is 0.476 e. The number of nitrogens with zero attached hydrogens (tertiary/aromatic N) is 2. The van der Waals surface area contributed by atoms with Gasteiger partial charge in [0.1, 0.15) is 0 Å². The van der Waals surface area contributed by atoms with E-state index >= 15 is 0 Å². The Hall–Kier alpha value is -2.56. The van der Waals surface area contributed by atoms with Gasteiger partial charge in [-0.05, 0) is 18.9 Å². The highest BCUT2D eigenvalue weighted by Gasteiger charge is 2.27. The van der Waals surface area contributed by atoms with Crippen LogP contribution in [0.2, 0.25) is 0 Å². The molecule has 0 spiro atoms. The molecule has 0 amide bonds. The molecule has 2 aromatic heterocycles. The Morgan fingerprint density at radius 2 is 2.20 bits per heavy atom. The van der Waals surface area contributed by atoms with Crippen molar-refractivity contribution in [3.63, 3.8) is 0 Å². The van der Waals surface area contributed by atoms with Gasteiger partial charge in [-0.15, -0.1) is 0 Å². The van der Waals surface area contributed by atoms with Crippen molar-refractivity contribution >= 4 is 16.9 Å². The molecule has 3 heterocycles. The lowest BCUT2D eigenvalue weighted by molar-refractivity contribution is 0.0690. The first kappa shape index (κ1) is 11.3. The van der Waals surface area contributed by atoms with E-state index in [1.807, 2.05) is 35.1 Å². The summed E-state index contributed by atoms with van der Waals surface area (Å²) in [5.74, 6) is -0.966. The summed E-state index contributed by atoms with van der Waals surface area (Å²) < 4.78 is 1.83. The van der Waals surface area contributed by atoms with Crippen LogP contribution < -0.4 is 0 Å². The first-order valence-electron chi connectivity index (χ1n) is 6.65. The van der Waals surface area contributed by atoms with Crippen molar-refractivity contribution in [2.75, 3.05) is 0 Å². The number of carbonyl (C=O) groups is 1. The zero-order valence-electron chi connectivity index (χ0n) is 10.8. The number of aryl methyl sites for hydroxylation is 1. The van der Waals surface area contributed by atoms with Gasteiger partial charge in [0.2, 0.25) is 0 Å². The maximum absolute atomic E-state index is 11.5. The number of fused-ring (bicyclic) bond motifs is 2. The molecule has 0 radical (unpaired) electrons. The zero-order chi connectivity index (χ0) is 13.7. The van der Waals surface area contributed by atoms with Gasteiger partial charge < -0.3 is 10.1 Å². The third-order valence-corrected chi connectivity index (χ3v) is 3.90. The molecular formula is C15H13N3O2. The fraction of sp³-hybridized carbons (Fsp3) is 0.200. The minimum atomic E-state index is -0.966. The first-order valence-corrected chi connectivity index (χ1v) is 6.65. The van der Waals surface area contributed by atoms with Gasteiger partial charge in [0.25, 0.3) is 0 Å². The number of hydrogen-bond acceptors (Lipinski definition) is 2. The Balaban J connectivity index is 2.05. The predicted molar refractivity (Wildman–Crippen MR) is 74.8 cm³/mol. The Kier molecular flexibility index (Phi) is 2.24. The number of aromatic carboxylic acids is 1. The van der Waals surface area contributed by atoms with Gasteiger partial charge in [0.05, 0.1) is 0 Å². The minimum Gasteiger partial charge on any atom is -0.476 e. The number of carboxylic acids is 1. The Morgan fingerprint density at radius 1 is 1.35 bits per heavy atom. The van der Waals surface area contributed by atoms with Crippen molar-refractivity contribution in [1.82, 2.24) is 14.8 Å². The summed E-state index contributed by atoms with van der Waals surface area (Å²) in [5.41, 5.74) is 3.90. The number of H-pyrrole nitrogens is 1. The van der Waals surface area contributed by atoms with Crippen molar-refractivity contribution in [2.24, 2.45) is 0 Å². The molecule has 5 heteroatoms. The quantitative estimate of drug-likeness (QED) is 0.750. The molecule has 5 nitrogen and oxygen atoms in total. The van der Waals surface area contributed by atoms with E-state index < -0.39 is 5.97 Å². The number of benzene rings is 1. The third kappa shape index (κ3) is 1.43. The summed E-state index contributed by atoms with van der Waals surface area (Å²) in [6.45, 7) is 0.804. The van der Waals surface area contributed by atoms with E-state index in [9.17, 15) is 9.90 Å². The molecule has 0 unspecified atom stereocenters. The molecular weight excluding hydrogens is 254 g/mol. The molecule has 0 atom stereocenters. The molecule has 2 N–H and O–H groups in total. The summed E-state index contributed by atoms with van der Waals surface area (Å²) in [5, 5.41) is 14.7. The summed E-state index contributed by atoms with van der Waals surface area (Å²) in [4.78, 5) is 14.7. The number of hydrogen-bond donors (Lipinski definition) is 2. The van der Waals surface area contributed by atoms with Crippen LogP contribution in [0.5, 0.6) is 0 Å². The Morgan fingerprint density at radius 3 is 3.05 bits per heavy atom. The molecule has 0 fully saturated rings. The van der Waals surface area contributed by atoms with Crippen molar-refractivity contribution in [3.05, 3.63) is 41.9 Å². The second-order valence-corrected chi connectivity index (χ2v) is 5.05. The van der Waals surface area contributed by atoms with E-state index in [4.69, 9.17) is 0 Å². The van der Waals surface area contributed by atoms with Crippen LogP contribution in [-0.4, -0.2) is 25.8 Å². The maximum atomic E-state index is 11.5. The van der Waals surface area contributed by atoms with Crippen LogP contribution >= 0.6 is 0 Å². The molecule has 3 aromatic rings. The molecule has 0 saturated heterocycles. The normalized spacial score (nSPS) is 13.8. The zero-order valence-corrected chi connectivity index (χ0v) is 10.8. The summed E-state index contributed by atoms with van der Waals surface area (Å²) >= 11 is 0. The van der Waals surface area contributed by atoms with Gasteiger partial charge in [-0.25, -0.2) is 4.79 Å². The maximum Gasteiger partial charge on any atom is 0.357 e. The molecule has 0 saturated carbocycles. The van der Waals surface area contributed by atoms with Crippen molar-refractivity contribution in [3.8, 4) is 11.1 Å². The summed E-state index contributed by atoms with van der Waals surface area (Å²) in [6, 6.07) is 7.92. The van der Waals surface area contributed by atoms with Crippen LogP contribution in [0.25, 0.3) is 22.0 Å². The SMILES string of the molecule is O=C(O)c1nn2c(c1-c1c[nH]c3ccccc13)CCC2. The van der Waals surface area contributed by atoms with Crippen LogP contribution in [0.15, 0.2) is 30.5 Å². The van der Waals surface area contributed by atoms with Gasteiger partial charge in [0.15, 0.2) is 5.69 Å². The topological polar surface area (TPSA) is 70.9 Å². The monoisotopic (exact) mass is 267 g/mol. The van der Waals surface area contributed by atoms with Gasteiger partial charge >= 0.3 is 5.97 Å². The van der Waals surface area contributed by atoms with Crippen molar-refractivity contribution in [2.45, 2.75) is 19.4 Å². The van der Waals surface area contributed by atoms with Gasteiger partial charge in [-0.3, -0.25) is 4.68 Å². The Bertz CT molecular complexity index is 829. The van der Waals surface area contributed by atoms with E-state index in [-0.39, 0.29) is 5.69 Å². The van der Waals surface area contributed by atoms with E-state index in [1.165, 1.54) is 0 Å². The van der Waals surface area contributed by atoms with E-state index in [2.05, 4.69) is 10.1 Å². The highest BCUT2D eigenvalue weighted by atomic mass is 16.4. The second kappa shape index (κ2) is 3.96. The fourth-order valence-electron chi connectivity index (χ4n) is 3.04. The van der Waals surface area contributed by atoms with Gasteiger partial charge in [-0.1, -0.05) is 18.2 Å². The van der Waals surface area contributed by atoms with E-state index in [0.717, 1.165) is 47.1 Å². The molecule has 1 aromatic carbocycles. The van der Waals surface area contributed by atoms with Crippen LogP contribution in [-0.2, 0) is 13.0 Å². The number of rotatable bonds is 2. The van der Waals surface area contributed by atoms with E-state index in [0.29, 0.717) is 0 Å². The van der Waals surface area contributed by atoms with Crippen molar-refractivity contribution < 1.29 is 9.90 Å². The molecule has 20 heavy (non-hydrogen) atoms. The van der Waals surface area contributed by atoms with E-state index in [1.54, 1.807) is 0 Å². The molecule has 0 aliphatic carbocycles. The number of para-hydroxylation sites is 1. The molecule has 100 valence electrons. The average molecular weight is 267 g/mol. The van der Waals surface area contributed by atoms with Gasteiger partial charge in [-0.2, -0.15) is 5.10 Å². The number of carboxylic acid groups (broad SMARTS) is 1. The van der Waals surface area contributed by atoms with Crippen LogP contribution in [0.1, 0.15) is 22.6 Å². The van der Waals surface area contributed by atoms with Crippen LogP contribution in [0, 0.1) is 0 Å². The number of aromatic amines is 1. The fourth-order valence-corrected chi connectivity index (χ4v) is 3.04. The average Bonchev–Trinajstić information content (AvgIpc) is 3.10. The molecule has 1 aliphatic rings. The minimum absolute atomic E-state index is 0.157. The first-order chi connectivity index (χ1) is 9.75. The summed E-state index contributed by atoms with van der Waals surface area (Å²) in [7, 11) is 0. The highest BCUT2D eigenvalue weighted by Crippen LogP contribution is 2.36.